The second-order valence-electron chi connectivity index (χ2n) is 3.68. The van der Waals surface area contributed by atoms with Crippen LogP contribution in [0.3, 0.4) is 0 Å². The zero-order valence-electron chi connectivity index (χ0n) is 8.83. The summed E-state index contributed by atoms with van der Waals surface area (Å²) in [6.07, 6.45) is 1.94. The first-order chi connectivity index (χ1) is 7.28. The van der Waals surface area contributed by atoms with Crippen LogP contribution in [0.1, 0.15) is 25.3 Å². The summed E-state index contributed by atoms with van der Waals surface area (Å²) in [5.41, 5.74) is 1.10. The number of hydrogen-bond donors (Lipinski definition) is 0. The van der Waals surface area contributed by atoms with Gasteiger partial charge in [0.05, 0.1) is 13.2 Å². The number of halogens is 1. The van der Waals surface area contributed by atoms with Gasteiger partial charge >= 0.3 is 0 Å². The summed E-state index contributed by atoms with van der Waals surface area (Å²) in [6, 6.07) is 8.10. The first-order valence-corrected chi connectivity index (χ1v) is 6.11. The summed E-state index contributed by atoms with van der Waals surface area (Å²) < 4.78 is 12.6. The average Bonchev–Trinajstić information content (AvgIpc) is 2.69. The average molecular weight is 271 g/mol. The van der Waals surface area contributed by atoms with E-state index in [0.717, 1.165) is 22.9 Å². The lowest BCUT2D eigenvalue weighted by molar-refractivity contribution is -0.171. The second kappa shape index (κ2) is 4.64. The molecule has 0 spiro atoms. The van der Waals surface area contributed by atoms with Gasteiger partial charge in [-0.3, -0.25) is 0 Å². The first-order valence-electron chi connectivity index (χ1n) is 5.31. The second-order valence-corrected chi connectivity index (χ2v) is 4.53. The SMILES string of the molecule is CCCC1(c2ccccc2Br)OCCO1. The molecule has 0 bridgehead atoms. The molecule has 0 aromatic heterocycles. The molecule has 2 rings (SSSR count). The van der Waals surface area contributed by atoms with Gasteiger partial charge in [-0.2, -0.15) is 0 Å². The summed E-state index contributed by atoms with van der Waals surface area (Å²) in [6.45, 7) is 3.51. The van der Waals surface area contributed by atoms with E-state index in [0.29, 0.717) is 13.2 Å². The lowest BCUT2D eigenvalue weighted by atomic mass is 10.0. The van der Waals surface area contributed by atoms with Gasteiger partial charge in [0, 0.05) is 16.5 Å². The molecule has 1 aliphatic heterocycles. The Morgan fingerprint density at radius 3 is 2.53 bits per heavy atom. The molecule has 2 nitrogen and oxygen atoms in total. The predicted molar refractivity (Wildman–Crippen MR) is 62.6 cm³/mol. The highest BCUT2D eigenvalue weighted by Gasteiger charge is 2.38. The van der Waals surface area contributed by atoms with E-state index in [1.54, 1.807) is 0 Å². The summed E-state index contributed by atoms with van der Waals surface area (Å²) >= 11 is 3.55. The van der Waals surface area contributed by atoms with E-state index in [-0.39, 0.29) is 0 Å². The number of hydrogen-bond acceptors (Lipinski definition) is 2. The van der Waals surface area contributed by atoms with E-state index >= 15 is 0 Å². The van der Waals surface area contributed by atoms with Gasteiger partial charge in [-0.25, -0.2) is 0 Å². The van der Waals surface area contributed by atoms with Gasteiger partial charge in [-0.15, -0.1) is 0 Å². The summed E-state index contributed by atoms with van der Waals surface area (Å²) in [5.74, 6) is -0.519. The van der Waals surface area contributed by atoms with Crippen LogP contribution in [0.2, 0.25) is 0 Å². The van der Waals surface area contributed by atoms with E-state index in [4.69, 9.17) is 9.47 Å². The molecule has 0 unspecified atom stereocenters. The van der Waals surface area contributed by atoms with Gasteiger partial charge in [-0.1, -0.05) is 47.5 Å². The van der Waals surface area contributed by atoms with Crippen LogP contribution in [0.15, 0.2) is 28.7 Å². The fraction of sp³-hybridized carbons (Fsp3) is 0.500. The highest BCUT2D eigenvalue weighted by atomic mass is 79.9. The third-order valence-electron chi connectivity index (χ3n) is 2.62. The van der Waals surface area contributed by atoms with E-state index in [9.17, 15) is 0 Å². The molecule has 15 heavy (non-hydrogen) atoms. The molecule has 1 heterocycles. The van der Waals surface area contributed by atoms with Crippen molar-refractivity contribution in [3.63, 3.8) is 0 Å². The first kappa shape index (κ1) is 11.1. The summed E-state index contributed by atoms with van der Waals surface area (Å²) in [4.78, 5) is 0. The Bertz CT molecular complexity index is 332. The largest absolute Gasteiger partial charge is 0.343 e. The summed E-state index contributed by atoms with van der Waals surface area (Å²) in [7, 11) is 0. The highest BCUT2D eigenvalue weighted by Crippen LogP contribution is 2.39. The molecule has 3 heteroatoms. The summed E-state index contributed by atoms with van der Waals surface area (Å²) in [5, 5.41) is 0. The molecule has 0 saturated carbocycles. The zero-order chi connectivity index (χ0) is 10.7. The Morgan fingerprint density at radius 1 is 1.27 bits per heavy atom. The quantitative estimate of drug-likeness (QED) is 0.838. The van der Waals surface area contributed by atoms with E-state index < -0.39 is 5.79 Å². The van der Waals surface area contributed by atoms with Crippen LogP contribution in [0.5, 0.6) is 0 Å². The molecule has 0 amide bonds. The standard InChI is InChI=1S/C12H15BrO2/c1-2-7-12(14-8-9-15-12)10-5-3-4-6-11(10)13/h3-6H,2,7-9H2,1H3. The van der Waals surface area contributed by atoms with Crippen LogP contribution in [0, 0.1) is 0 Å². The van der Waals surface area contributed by atoms with Crippen LogP contribution >= 0.6 is 15.9 Å². The monoisotopic (exact) mass is 270 g/mol. The maximum atomic E-state index is 5.80. The van der Waals surface area contributed by atoms with Crippen LogP contribution in [0.25, 0.3) is 0 Å². The van der Waals surface area contributed by atoms with Crippen LogP contribution < -0.4 is 0 Å². The van der Waals surface area contributed by atoms with E-state index in [2.05, 4.69) is 28.9 Å². The molecule has 0 atom stereocenters. The van der Waals surface area contributed by atoms with Crippen molar-refractivity contribution in [1.82, 2.24) is 0 Å². The Morgan fingerprint density at radius 2 is 1.93 bits per heavy atom. The van der Waals surface area contributed by atoms with Gasteiger partial charge in [0.1, 0.15) is 0 Å². The molecule has 1 aliphatic rings. The Balaban J connectivity index is 2.36. The maximum Gasteiger partial charge on any atom is 0.196 e. The zero-order valence-corrected chi connectivity index (χ0v) is 10.4. The van der Waals surface area contributed by atoms with Crippen molar-refractivity contribution in [1.29, 1.82) is 0 Å². The van der Waals surface area contributed by atoms with Crippen molar-refractivity contribution in [2.45, 2.75) is 25.6 Å². The van der Waals surface area contributed by atoms with Crippen molar-refractivity contribution >= 4 is 15.9 Å². The van der Waals surface area contributed by atoms with Gasteiger partial charge in [0.15, 0.2) is 5.79 Å². The van der Waals surface area contributed by atoms with Crippen LogP contribution in [0.4, 0.5) is 0 Å². The van der Waals surface area contributed by atoms with Crippen molar-refractivity contribution in [3.05, 3.63) is 34.3 Å². The van der Waals surface area contributed by atoms with Gasteiger partial charge in [-0.05, 0) is 6.07 Å². The minimum absolute atomic E-state index is 0.519. The molecule has 0 N–H and O–H groups in total. The van der Waals surface area contributed by atoms with Crippen LogP contribution in [-0.2, 0) is 15.3 Å². The third kappa shape index (κ3) is 2.10. The molecule has 1 aromatic rings. The van der Waals surface area contributed by atoms with Gasteiger partial charge in [0.2, 0.25) is 0 Å². The number of rotatable bonds is 3. The van der Waals surface area contributed by atoms with Crippen molar-refractivity contribution in [2.24, 2.45) is 0 Å². The Labute approximate surface area is 98.7 Å². The fourth-order valence-electron chi connectivity index (χ4n) is 1.99. The minimum Gasteiger partial charge on any atom is -0.343 e. The minimum atomic E-state index is -0.519. The number of ether oxygens (including phenoxy) is 2. The maximum absolute atomic E-state index is 5.80. The molecule has 1 fully saturated rings. The van der Waals surface area contributed by atoms with Crippen molar-refractivity contribution in [2.75, 3.05) is 13.2 Å². The number of benzene rings is 1. The molecule has 0 aliphatic carbocycles. The predicted octanol–water partition coefficient (Wildman–Crippen LogP) is 3.45. The molecule has 0 radical (unpaired) electrons. The normalized spacial score (nSPS) is 19.3. The fourth-order valence-corrected chi connectivity index (χ4v) is 2.58. The highest BCUT2D eigenvalue weighted by molar-refractivity contribution is 9.10. The molecule has 1 aromatic carbocycles. The van der Waals surface area contributed by atoms with Gasteiger partial charge in [0.25, 0.3) is 0 Å². The lowest BCUT2D eigenvalue weighted by Crippen LogP contribution is -2.27. The third-order valence-corrected chi connectivity index (χ3v) is 3.31. The Hall–Kier alpha value is -0.380. The van der Waals surface area contributed by atoms with Crippen LogP contribution in [-0.4, -0.2) is 13.2 Å². The molecule has 82 valence electrons. The van der Waals surface area contributed by atoms with Gasteiger partial charge < -0.3 is 9.47 Å². The molecular weight excluding hydrogens is 256 g/mol. The van der Waals surface area contributed by atoms with E-state index in [1.165, 1.54) is 0 Å². The van der Waals surface area contributed by atoms with Crippen molar-refractivity contribution in [3.8, 4) is 0 Å². The lowest BCUT2D eigenvalue weighted by Gasteiger charge is -2.28. The van der Waals surface area contributed by atoms with Crippen molar-refractivity contribution < 1.29 is 9.47 Å². The molecule has 1 saturated heterocycles. The Kier molecular flexibility index (Phi) is 3.44. The smallest absolute Gasteiger partial charge is 0.196 e. The topological polar surface area (TPSA) is 18.5 Å². The molecular formula is C12H15BrO2. The van der Waals surface area contributed by atoms with E-state index in [1.807, 2.05) is 18.2 Å².